The summed E-state index contributed by atoms with van der Waals surface area (Å²) in [6, 6.07) is 8.50. The predicted molar refractivity (Wildman–Crippen MR) is 79.1 cm³/mol. The van der Waals surface area contributed by atoms with Crippen molar-refractivity contribution in [2.24, 2.45) is 0 Å². The number of pyridine rings is 1. The number of rotatable bonds is 2. The van der Waals surface area contributed by atoms with Crippen LogP contribution in [0.2, 0.25) is 0 Å². The largest absolute Gasteiger partial charge is 0.309 e. The molecule has 0 bridgehead atoms. The highest BCUT2D eigenvalue weighted by Gasteiger charge is 2.25. The molecule has 2 heterocycles. The summed E-state index contributed by atoms with van der Waals surface area (Å²) in [6.45, 7) is 8.76. The minimum absolute atomic E-state index is 0.205. The van der Waals surface area contributed by atoms with Crippen LogP contribution in [0.25, 0.3) is 10.8 Å². The fourth-order valence-corrected chi connectivity index (χ4v) is 2.93. The number of hydrogen-bond acceptors (Lipinski definition) is 3. The van der Waals surface area contributed by atoms with E-state index in [9.17, 15) is 0 Å². The van der Waals surface area contributed by atoms with Gasteiger partial charge >= 0.3 is 0 Å². The van der Waals surface area contributed by atoms with Crippen LogP contribution < -0.4 is 5.32 Å². The monoisotopic (exact) mass is 255 g/mol. The summed E-state index contributed by atoms with van der Waals surface area (Å²) in [7, 11) is 0. The topological polar surface area (TPSA) is 28.2 Å². The van der Waals surface area contributed by atoms with Crippen LogP contribution in [0.4, 0.5) is 0 Å². The van der Waals surface area contributed by atoms with E-state index in [1.54, 1.807) is 0 Å². The van der Waals surface area contributed by atoms with Gasteiger partial charge in [0.25, 0.3) is 0 Å². The lowest BCUT2D eigenvalue weighted by molar-refractivity contribution is 0.148. The molecule has 0 radical (unpaired) electrons. The van der Waals surface area contributed by atoms with Crippen molar-refractivity contribution >= 4 is 10.8 Å². The molecule has 3 heteroatoms. The molecule has 1 aromatic heterocycles. The third-order valence-corrected chi connectivity index (χ3v) is 3.80. The quantitative estimate of drug-likeness (QED) is 0.893. The molecule has 19 heavy (non-hydrogen) atoms. The van der Waals surface area contributed by atoms with Crippen LogP contribution in [-0.2, 0) is 6.54 Å². The van der Waals surface area contributed by atoms with Gasteiger partial charge in [-0.05, 0) is 24.8 Å². The zero-order valence-electron chi connectivity index (χ0n) is 11.7. The van der Waals surface area contributed by atoms with Crippen molar-refractivity contribution in [3.8, 4) is 0 Å². The standard InChI is InChI=1S/C16H21N3/c1-16(2)12-19(8-7-18-16)11-14-10-17-9-13-5-3-4-6-15(13)14/h3-6,9-10,18H,7-8,11-12H2,1-2H3. The molecule has 1 aliphatic heterocycles. The molecular weight excluding hydrogens is 234 g/mol. The summed E-state index contributed by atoms with van der Waals surface area (Å²) in [5.74, 6) is 0. The van der Waals surface area contributed by atoms with Crippen LogP contribution in [0, 0.1) is 0 Å². The van der Waals surface area contributed by atoms with E-state index in [1.165, 1.54) is 16.3 Å². The Kier molecular flexibility index (Phi) is 3.25. The maximum atomic E-state index is 4.37. The Morgan fingerprint density at radius 2 is 2.11 bits per heavy atom. The van der Waals surface area contributed by atoms with E-state index < -0.39 is 0 Å². The third kappa shape index (κ3) is 2.77. The first-order valence-corrected chi connectivity index (χ1v) is 6.93. The minimum Gasteiger partial charge on any atom is -0.309 e. The van der Waals surface area contributed by atoms with Crippen molar-refractivity contribution in [3.63, 3.8) is 0 Å². The number of piperazine rings is 1. The van der Waals surface area contributed by atoms with E-state index in [4.69, 9.17) is 0 Å². The number of aromatic nitrogens is 1. The lowest BCUT2D eigenvalue weighted by Gasteiger charge is -2.39. The highest BCUT2D eigenvalue weighted by atomic mass is 15.2. The average Bonchev–Trinajstić information content (AvgIpc) is 2.38. The smallest absolute Gasteiger partial charge is 0.0346 e. The summed E-state index contributed by atoms with van der Waals surface area (Å²) in [4.78, 5) is 6.89. The van der Waals surface area contributed by atoms with E-state index in [2.05, 4.69) is 53.3 Å². The van der Waals surface area contributed by atoms with Gasteiger partial charge in [-0.1, -0.05) is 24.3 Å². The fraction of sp³-hybridized carbons (Fsp3) is 0.438. The number of benzene rings is 1. The van der Waals surface area contributed by atoms with Gasteiger partial charge in [0, 0.05) is 49.5 Å². The first-order chi connectivity index (χ1) is 9.14. The highest BCUT2D eigenvalue weighted by Crippen LogP contribution is 2.20. The molecule has 1 N–H and O–H groups in total. The van der Waals surface area contributed by atoms with Crippen molar-refractivity contribution in [3.05, 3.63) is 42.2 Å². The van der Waals surface area contributed by atoms with E-state index in [1.807, 2.05) is 12.4 Å². The first kappa shape index (κ1) is 12.6. The van der Waals surface area contributed by atoms with Crippen LogP contribution in [0.5, 0.6) is 0 Å². The molecule has 2 aromatic rings. The van der Waals surface area contributed by atoms with Crippen molar-refractivity contribution < 1.29 is 0 Å². The van der Waals surface area contributed by atoms with Crippen LogP contribution in [-0.4, -0.2) is 35.1 Å². The van der Waals surface area contributed by atoms with E-state index in [-0.39, 0.29) is 5.54 Å². The molecule has 0 amide bonds. The predicted octanol–water partition coefficient (Wildman–Crippen LogP) is 2.42. The van der Waals surface area contributed by atoms with E-state index in [0.717, 1.165) is 26.2 Å². The zero-order chi connectivity index (χ0) is 13.3. The molecule has 1 aromatic carbocycles. The maximum Gasteiger partial charge on any atom is 0.0346 e. The molecule has 0 saturated carbocycles. The minimum atomic E-state index is 0.205. The molecule has 100 valence electrons. The van der Waals surface area contributed by atoms with Crippen LogP contribution in [0.15, 0.2) is 36.7 Å². The number of nitrogens with zero attached hydrogens (tertiary/aromatic N) is 2. The number of hydrogen-bond donors (Lipinski definition) is 1. The van der Waals surface area contributed by atoms with Crippen LogP contribution in [0.1, 0.15) is 19.4 Å². The van der Waals surface area contributed by atoms with Gasteiger partial charge in [0.1, 0.15) is 0 Å². The highest BCUT2D eigenvalue weighted by molar-refractivity contribution is 5.84. The molecule has 0 aliphatic carbocycles. The van der Waals surface area contributed by atoms with Gasteiger partial charge in [0.05, 0.1) is 0 Å². The first-order valence-electron chi connectivity index (χ1n) is 6.93. The Morgan fingerprint density at radius 1 is 1.26 bits per heavy atom. The molecule has 3 rings (SSSR count). The molecule has 0 atom stereocenters. The van der Waals surface area contributed by atoms with Gasteiger partial charge in [-0.2, -0.15) is 0 Å². The van der Waals surface area contributed by atoms with Crippen LogP contribution >= 0.6 is 0 Å². The Balaban J connectivity index is 1.85. The second-order valence-electron chi connectivity index (χ2n) is 6.04. The van der Waals surface area contributed by atoms with Gasteiger partial charge in [0.15, 0.2) is 0 Å². The molecule has 1 fully saturated rings. The van der Waals surface area contributed by atoms with Crippen molar-refractivity contribution in [2.45, 2.75) is 25.9 Å². The zero-order valence-corrected chi connectivity index (χ0v) is 11.7. The van der Waals surface area contributed by atoms with Crippen LogP contribution in [0.3, 0.4) is 0 Å². The van der Waals surface area contributed by atoms with Gasteiger partial charge in [0.2, 0.25) is 0 Å². The molecule has 0 spiro atoms. The lowest BCUT2D eigenvalue weighted by atomic mass is 10.0. The lowest BCUT2D eigenvalue weighted by Crippen LogP contribution is -2.56. The van der Waals surface area contributed by atoms with Gasteiger partial charge in [-0.15, -0.1) is 0 Å². The number of nitrogens with one attached hydrogen (secondary N) is 1. The van der Waals surface area contributed by atoms with E-state index in [0.29, 0.717) is 0 Å². The number of fused-ring (bicyclic) bond motifs is 1. The van der Waals surface area contributed by atoms with Crippen molar-refractivity contribution in [1.29, 1.82) is 0 Å². The molecular formula is C16H21N3. The molecule has 1 saturated heterocycles. The van der Waals surface area contributed by atoms with Gasteiger partial charge in [-0.25, -0.2) is 0 Å². The third-order valence-electron chi connectivity index (χ3n) is 3.80. The Morgan fingerprint density at radius 3 is 2.95 bits per heavy atom. The summed E-state index contributed by atoms with van der Waals surface area (Å²) in [6.07, 6.45) is 3.96. The average molecular weight is 255 g/mol. The Labute approximate surface area is 114 Å². The SMILES string of the molecule is CC1(C)CN(Cc2cncc3ccccc23)CCN1. The Bertz CT molecular complexity index is 572. The summed E-state index contributed by atoms with van der Waals surface area (Å²) < 4.78 is 0. The van der Waals surface area contributed by atoms with Crippen molar-refractivity contribution in [1.82, 2.24) is 15.2 Å². The molecule has 1 aliphatic rings. The maximum absolute atomic E-state index is 4.37. The summed E-state index contributed by atoms with van der Waals surface area (Å²) in [5, 5.41) is 6.11. The van der Waals surface area contributed by atoms with Gasteiger partial charge < -0.3 is 5.32 Å². The van der Waals surface area contributed by atoms with E-state index >= 15 is 0 Å². The second kappa shape index (κ2) is 4.91. The normalized spacial score (nSPS) is 19.7. The van der Waals surface area contributed by atoms with Crippen molar-refractivity contribution in [2.75, 3.05) is 19.6 Å². The fourth-order valence-electron chi connectivity index (χ4n) is 2.93. The molecule has 3 nitrogen and oxygen atoms in total. The summed E-state index contributed by atoms with van der Waals surface area (Å²) >= 11 is 0. The Hall–Kier alpha value is -1.45. The van der Waals surface area contributed by atoms with Gasteiger partial charge in [-0.3, -0.25) is 9.88 Å². The molecule has 0 unspecified atom stereocenters. The second-order valence-corrected chi connectivity index (χ2v) is 6.04. The summed E-state index contributed by atoms with van der Waals surface area (Å²) in [5.41, 5.74) is 1.53.